The van der Waals surface area contributed by atoms with Crippen molar-refractivity contribution in [1.29, 1.82) is 0 Å². The second kappa shape index (κ2) is 6.44. The summed E-state index contributed by atoms with van der Waals surface area (Å²) < 4.78 is 0. The third kappa shape index (κ3) is 2.98. The summed E-state index contributed by atoms with van der Waals surface area (Å²) in [5.41, 5.74) is 8.14. The van der Waals surface area contributed by atoms with Crippen molar-refractivity contribution in [1.82, 2.24) is 5.32 Å². The highest BCUT2D eigenvalue weighted by atomic mass is 35.5. The van der Waals surface area contributed by atoms with Crippen molar-refractivity contribution >= 4 is 29.1 Å². The Hall–Kier alpha value is -0.770. The largest absolute Gasteiger partial charge is 0.348 e. The maximum Gasteiger partial charge on any atom is 0.223 e. The Labute approximate surface area is 159 Å². The molecule has 0 aliphatic heterocycles. The first-order chi connectivity index (χ1) is 11.9. The van der Waals surface area contributed by atoms with E-state index in [1.807, 2.05) is 12.1 Å². The number of rotatable bonds is 4. The lowest BCUT2D eigenvalue weighted by Gasteiger charge is -2.40. The van der Waals surface area contributed by atoms with Crippen molar-refractivity contribution in [2.75, 3.05) is 0 Å². The van der Waals surface area contributed by atoms with Gasteiger partial charge in [0, 0.05) is 12.0 Å². The molecule has 1 atom stereocenters. The summed E-state index contributed by atoms with van der Waals surface area (Å²) in [5, 5.41) is 4.55. The Morgan fingerprint density at radius 2 is 1.96 bits per heavy atom. The molecule has 25 heavy (non-hydrogen) atoms. The van der Waals surface area contributed by atoms with Gasteiger partial charge in [-0.15, -0.1) is 0 Å². The molecule has 0 saturated heterocycles. The van der Waals surface area contributed by atoms with Gasteiger partial charge in [0.05, 0.1) is 16.1 Å². The van der Waals surface area contributed by atoms with Gasteiger partial charge in [0.1, 0.15) is 0 Å². The molecule has 0 heterocycles. The smallest absolute Gasteiger partial charge is 0.223 e. The van der Waals surface area contributed by atoms with Crippen molar-refractivity contribution in [3.05, 3.63) is 33.3 Å². The molecule has 0 aromatic heterocycles. The summed E-state index contributed by atoms with van der Waals surface area (Å²) >= 11 is 13.0. The molecule has 1 amide bonds. The molecule has 136 valence electrons. The Balaban J connectivity index is 1.70. The summed E-state index contributed by atoms with van der Waals surface area (Å²) in [4.78, 5) is 12.8. The lowest BCUT2D eigenvalue weighted by Crippen LogP contribution is -2.48. The average Bonchev–Trinajstić information content (AvgIpc) is 3.16. The van der Waals surface area contributed by atoms with Crippen LogP contribution in [0.1, 0.15) is 62.1 Å². The maximum atomic E-state index is 12.8. The number of halogens is 2. The van der Waals surface area contributed by atoms with E-state index in [0.29, 0.717) is 10.0 Å². The van der Waals surface area contributed by atoms with Gasteiger partial charge in [0.25, 0.3) is 0 Å². The lowest BCUT2D eigenvalue weighted by atomic mass is 9.72. The molecule has 3 aliphatic carbocycles. The predicted octanol–water partition coefficient (Wildman–Crippen LogP) is 4.78. The van der Waals surface area contributed by atoms with E-state index in [4.69, 9.17) is 28.9 Å². The van der Waals surface area contributed by atoms with Crippen LogP contribution in [0, 0.1) is 24.2 Å². The standard InChI is InChI=1S/C20H26Cl2N2O/c1-11-2-3-15(21)17(22)16(11)18(20-6-4-12(10-20)5-7-20)24-19(25)13-8-14(23)9-13/h2-3,12-14,18H,4-10,23H2,1H3,(H,24,25)/t12?,13?,14?,18-,20?/m1/s1. The first-order valence-electron chi connectivity index (χ1n) is 9.40. The Bertz CT molecular complexity index is 691. The third-order valence-corrected chi connectivity index (χ3v) is 7.70. The molecule has 3 fully saturated rings. The van der Waals surface area contributed by atoms with Crippen LogP contribution in [0.2, 0.25) is 10.0 Å². The van der Waals surface area contributed by atoms with Crippen LogP contribution >= 0.6 is 23.2 Å². The molecule has 4 rings (SSSR count). The van der Waals surface area contributed by atoms with Crippen LogP contribution < -0.4 is 11.1 Å². The SMILES string of the molecule is Cc1ccc(Cl)c(Cl)c1[C@@H](NC(=O)C1CC(N)C1)C12CCC(CC1)C2. The molecule has 3 saturated carbocycles. The van der Waals surface area contributed by atoms with Crippen LogP contribution in [-0.4, -0.2) is 11.9 Å². The van der Waals surface area contributed by atoms with Crippen molar-refractivity contribution in [2.24, 2.45) is 23.0 Å². The first kappa shape index (κ1) is 17.6. The second-order valence-corrected chi connectivity index (χ2v) is 9.26. The van der Waals surface area contributed by atoms with Crippen LogP contribution in [0.5, 0.6) is 0 Å². The van der Waals surface area contributed by atoms with Gasteiger partial charge < -0.3 is 11.1 Å². The molecule has 3 aliphatic rings. The van der Waals surface area contributed by atoms with Crippen molar-refractivity contribution in [3.63, 3.8) is 0 Å². The van der Waals surface area contributed by atoms with E-state index in [1.54, 1.807) is 0 Å². The van der Waals surface area contributed by atoms with E-state index >= 15 is 0 Å². The van der Waals surface area contributed by atoms with E-state index < -0.39 is 0 Å². The van der Waals surface area contributed by atoms with Gasteiger partial charge in [-0.25, -0.2) is 0 Å². The van der Waals surface area contributed by atoms with Gasteiger partial charge >= 0.3 is 0 Å². The topological polar surface area (TPSA) is 55.1 Å². The van der Waals surface area contributed by atoms with Crippen LogP contribution in [0.25, 0.3) is 0 Å². The zero-order valence-corrected chi connectivity index (χ0v) is 16.2. The molecule has 2 bridgehead atoms. The van der Waals surface area contributed by atoms with Crippen molar-refractivity contribution in [2.45, 2.75) is 64.0 Å². The minimum Gasteiger partial charge on any atom is -0.348 e. The summed E-state index contributed by atoms with van der Waals surface area (Å²) in [6.07, 6.45) is 7.61. The van der Waals surface area contributed by atoms with Crippen molar-refractivity contribution < 1.29 is 4.79 Å². The number of hydrogen-bond donors (Lipinski definition) is 2. The van der Waals surface area contributed by atoms with Crippen molar-refractivity contribution in [3.8, 4) is 0 Å². The quantitative estimate of drug-likeness (QED) is 0.789. The summed E-state index contributed by atoms with van der Waals surface area (Å²) in [7, 11) is 0. The number of benzene rings is 1. The molecular formula is C20H26Cl2N2O. The molecule has 3 nitrogen and oxygen atoms in total. The van der Waals surface area contributed by atoms with E-state index in [1.165, 1.54) is 19.3 Å². The van der Waals surface area contributed by atoms with Gasteiger partial charge in [-0.2, -0.15) is 0 Å². The molecular weight excluding hydrogens is 355 g/mol. The number of nitrogens with one attached hydrogen (secondary N) is 1. The highest BCUT2D eigenvalue weighted by Crippen LogP contribution is 2.61. The van der Waals surface area contributed by atoms with Gasteiger partial charge in [0.2, 0.25) is 5.91 Å². The van der Waals surface area contributed by atoms with E-state index in [-0.39, 0.29) is 29.3 Å². The van der Waals surface area contributed by atoms with Crippen LogP contribution in [0.4, 0.5) is 0 Å². The number of nitrogens with two attached hydrogens (primary N) is 1. The van der Waals surface area contributed by atoms with Crippen LogP contribution in [0.3, 0.4) is 0 Å². The molecule has 0 unspecified atom stereocenters. The fourth-order valence-corrected chi connectivity index (χ4v) is 5.81. The van der Waals surface area contributed by atoms with E-state index in [0.717, 1.165) is 42.7 Å². The molecule has 1 aromatic rings. The highest BCUT2D eigenvalue weighted by molar-refractivity contribution is 6.42. The van der Waals surface area contributed by atoms with Crippen LogP contribution in [-0.2, 0) is 4.79 Å². The number of hydrogen-bond acceptors (Lipinski definition) is 2. The molecule has 0 radical (unpaired) electrons. The third-order valence-electron chi connectivity index (χ3n) is 6.88. The zero-order valence-electron chi connectivity index (χ0n) is 14.7. The van der Waals surface area contributed by atoms with Gasteiger partial charge in [-0.3, -0.25) is 4.79 Å². The van der Waals surface area contributed by atoms with Gasteiger partial charge in [-0.05, 0) is 80.4 Å². The molecule has 1 aromatic carbocycles. The number of amides is 1. The predicted molar refractivity (Wildman–Crippen MR) is 102 cm³/mol. The van der Waals surface area contributed by atoms with Crippen LogP contribution in [0.15, 0.2) is 12.1 Å². The summed E-state index contributed by atoms with van der Waals surface area (Å²) in [6, 6.07) is 3.98. The number of fused-ring (bicyclic) bond motifs is 2. The monoisotopic (exact) mass is 380 g/mol. The minimum absolute atomic E-state index is 0.0458. The van der Waals surface area contributed by atoms with Gasteiger partial charge in [0.15, 0.2) is 0 Å². The second-order valence-electron chi connectivity index (χ2n) is 8.47. The molecule has 0 spiro atoms. The molecule has 5 heteroatoms. The van der Waals surface area contributed by atoms with E-state index in [9.17, 15) is 4.79 Å². The minimum atomic E-state index is -0.0458. The number of carbonyl (C=O) groups is 1. The average molecular weight is 381 g/mol. The highest BCUT2D eigenvalue weighted by Gasteiger charge is 2.52. The maximum absolute atomic E-state index is 12.8. The van der Waals surface area contributed by atoms with Gasteiger partial charge in [-0.1, -0.05) is 29.3 Å². The van der Waals surface area contributed by atoms with E-state index in [2.05, 4.69) is 12.2 Å². The fraction of sp³-hybridized carbons (Fsp3) is 0.650. The Kier molecular flexibility index (Phi) is 4.54. The number of aryl methyl sites for hydroxylation is 1. The summed E-state index contributed by atoms with van der Waals surface area (Å²) in [6.45, 7) is 2.06. The fourth-order valence-electron chi connectivity index (χ4n) is 5.33. The lowest BCUT2D eigenvalue weighted by molar-refractivity contribution is -0.129. The summed E-state index contributed by atoms with van der Waals surface area (Å²) in [5.74, 6) is 0.979. The normalized spacial score (nSPS) is 34.6. The Morgan fingerprint density at radius 3 is 2.52 bits per heavy atom. The molecule has 3 N–H and O–H groups in total. The number of carbonyl (C=O) groups excluding carboxylic acids is 1. The Morgan fingerprint density at radius 1 is 1.28 bits per heavy atom. The zero-order chi connectivity index (χ0) is 17.8. The first-order valence-corrected chi connectivity index (χ1v) is 10.2.